The molecule has 2 aromatic heterocycles. The van der Waals surface area contributed by atoms with Crippen LogP contribution in [-0.4, -0.2) is 36.6 Å². The van der Waals surface area contributed by atoms with E-state index >= 15 is 0 Å². The number of para-hydroxylation sites is 1. The van der Waals surface area contributed by atoms with E-state index in [4.69, 9.17) is 4.42 Å². The molecule has 8 heteroatoms. The van der Waals surface area contributed by atoms with Crippen molar-refractivity contribution in [3.63, 3.8) is 0 Å². The first kappa shape index (κ1) is 26.5. The van der Waals surface area contributed by atoms with E-state index in [2.05, 4.69) is 31.9 Å². The van der Waals surface area contributed by atoms with Crippen molar-refractivity contribution in [2.75, 3.05) is 36.6 Å². The number of aromatic nitrogens is 1. The highest BCUT2D eigenvalue weighted by Gasteiger charge is 2.15. The molecule has 0 aliphatic carbocycles. The van der Waals surface area contributed by atoms with Gasteiger partial charge in [-0.15, -0.1) is 0 Å². The Morgan fingerprint density at radius 2 is 1.73 bits per heavy atom. The molecule has 0 saturated heterocycles. The molecule has 0 saturated carbocycles. The number of benzene rings is 3. The molecule has 3 N–H and O–H groups in total. The minimum absolute atomic E-state index is 0.290. The number of carbonyl (C=O) groups is 1. The molecule has 2 amide bonds. The quantitative estimate of drug-likeness (QED) is 0.195. The average Bonchev–Trinajstić information content (AvgIpc) is 3.40. The van der Waals surface area contributed by atoms with Gasteiger partial charge in [-0.25, -0.2) is 9.78 Å². The van der Waals surface area contributed by atoms with Crippen LogP contribution in [0.3, 0.4) is 0 Å². The van der Waals surface area contributed by atoms with Gasteiger partial charge in [0, 0.05) is 30.0 Å². The maximum atomic E-state index is 12.6. The largest absolute Gasteiger partial charge is 0.438 e. The third-order valence-corrected chi connectivity index (χ3v) is 6.42. The molecule has 0 unspecified atom stereocenters. The van der Waals surface area contributed by atoms with Crippen molar-refractivity contribution in [2.24, 2.45) is 0 Å². The number of fused-ring (bicyclic) bond motifs is 1. The van der Waals surface area contributed by atoms with E-state index in [0.29, 0.717) is 35.0 Å². The zero-order valence-electron chi connectivity index (χ0n) is 22.4. The van der Waals surface area contributed by atoms with E-state index in [-0.39, 0.29) is 6.03 Å². The van der Waals surface area contributed by atoms with Gasteiger partial charge in [0.1, 0.15) is 11.8 Å². The molecule has 0 aliphatic rings. The number of carbonyl (C=O) groups excluding carboxylic acids is 1. The van der Waals surface area contributed by atoms with Crippen LogP contribution in [0.4, 0.5) is 21.9 Å². The van der Waals surface area contributed by atoms with Crippen LogP contribution < -0.4 is 16.0 Å². The first-order chi connectivity index (χ1) is 19.5. The minimum Gasteiger partial charge on any atom is -0.438 e. The summed E-state index contributed by atoms with van der Waals surface area (Å²) in [6, 6.07) is 29.2. The van der Waals surface area contributed by atoms with E-state index in [1.54, 1.807) is 0 Å². The van der Waals surface area contributed by atoms with Crippen LogP contribution in [0.25, 0.3) is 22.4 Å². The first-order valence-corrected chi connectivity index (χ1v) is 13.0. The van der Waals surface area contributed by atoms with Crippen LogP contribution in [0.5, 0.6) is 0 Å². The number of pyridine rings is 1. The number of anilines is 3. The molecule has 0 radical (unpaired) electrons. The topological polar surface area (TPSA) is 106 Å². The summed E-state index contributed by atoms with van der Waals surface area (Å²) in [5.74, 6) is 0.703. The van der Waals surface area contributed by atoms with Gasteiger partial charge in [-0.1, -0.05) is 60.7 Å². The van der Waals surface area contributed by atoms with E-state index in [0.717, 1.165) is 40.7 Å². The van der Waals surface area contributed by atoms with Crippen LogP contribution in [0, 0.1) is 11.3 Å². The highest BCUT2D eigenvalue weighted by Crippen LogP contribution is 2.33. The lowest BCUT2D eigenvalue weighted by molar-refractivity contribution is 0.262. The molecule has 5 rings (SSSR count). The summed E-state index contributed by atoms with van der Waals surface area (Å²) in [7, 11) is 3.99. The Hall–Kier alpha value is -5.13. The van der Waals surface area contributed by atoms with Gasteiger partial charge in [0.15, 0.2) is 0 Å². The number of nitriles is 1. The van der Waals surface area contributed by atoms with Gasteiger partial charge in [0.2, 0.25) is 5.71 Å². The number of nitrogens with one attached hydrogen (secondary N) is 3. The van der Waals surface area contributed by atoms with Gasteiger partial charge in [0.25, 0.3) is 0 Å². The molecular formula is C32H30N6O2. The van der Waals surface area contributed by atoms with Crippen molar-refractivity contribution >= 4 is 34.2 Å². The molecule has 2 heterocycles. The number of urea groups is 1. The van der Waals surface area contributed by atoms with Gasteiger partial charge in [-0.05, 0) is 55.9 Å². The summed E-state index contributed by atoms with van der Waals surface area (Å²) in [4.78, 5) is 19.0. The van der Waals surface area contributed by atoms with Gasteiger partial charge >= 0.3 is 6.03 Å². The summed E-state index contributed by atoms with van der Waals surface area (Å²) < 4.78 is 5.96. The number of furan rings is 1. The van der Waals surface area contributed by atoms with Crippen LogP contribution in [0.2, 0.25) is 0 Å². The van der Waals surface area contributed by atoms with Gasteiger partial charge in [0.05, 0.1) is 22.8 Å². The van der Waals surface area contributed by atoms with E-state index in [9.17, 15) is 10.1 Å². The van der Waals surface area contributed by atoms with Crippen molar-refractivity contribution in [1.29, 1.82) is 5.26 Å². The molecule has 40 heavy (non-hydrogen) atoms. The van der Waals surface area contributed by atoms with Gasteiger partial charge in [-0.2, -0.15) is 5.26 Å². The van der Waals surface area contributed by atoms with Crippen LogP contribution in [-0.2, 0) is 13.0 Å². The lowest BCUT2D eigenvalue weighted by atomic mass is 10.1. The van der Waals surface area contributed by atoms with Crippen molar-refractivity contribution in [2.45, 2.75) is 13.0 Å². The molecule has 8 nitrogen and oxygen atoms in total. The number of amides is 2. The highest BCUT2D eigenvalue weighted by molar-refractivity contribution is 6.00. The highest BCUT2D eigenvalue weighted by atomic mass is 16.3. The summed E-state index contributed by atoms with van der Waals surface area (Å²) >= 11 is 0. The molecule has 3 aromatic carbocycles. The number of hydrogen-bond acceptors (Lipinski definition) is 6. The molecule has 200 valence electrons. The third-order valence-electron chi connectivity index (χ3n) is 6.42. The van der Waals surface area contributed by atoms with E-state index in [1.807, 2.05) is 99.0 Å². The Bertz CT molecular complexity index is 1650. The first-order valence-electron chi connectivity index (χ1n) is 13.0. The summed E-state index contributed by atoms with van der Waals surface area (Å²) in [5.41, 5.74) is 6.23. The van der Waals surface area contributed by atoms with Gasteiger partial charge < -0.3 is 25.3 Å². The molecule has 0 spiro atoms. The zero-order valence-corrected chi connectivity index (χ0v) is 22.4. The second kappa shape index (κ2) is 12.2. The Kier molecular flexibility index (Phi) is 8.05. The monoisotopic (exact) mass is 530 g/mol. The van der Waals surface area contributed by atoms with Crippen molar-refractivity contribution in [1.82, 2.24) is 9.88 Å². The predicted octanol–water partition coefficient (Wildman–Crippen LogP) is 6.73. The number of nitrogens with zero attached hydrogens (tertiary/aromatic N) is 3. The summed E-state index contributed by atoms with van der Waals surface area (Å²) in [5, 5.41) is 19.7. The second-order valence-electron chi connectivity index (χ2n) is 9.70. The van der Waals surface area contributed by atoms with Crippen LogP contribution >= 0.6 is 0 Å². The van der Waals surface area contributed by atoms with Crippen molar-refractivity contribution in [3.05, 3.63) is 108 Å². The molecule has 0 atom stereocenters. The van der Waals surface area contributed by atoms with E-state index < -0.39 is 0 Å². The second-order valence-corrected chi connectivity index (χ2v) is 9.70. The fraction of sp³-hybridized carbons (Fsp3) is 0.156. The third kappa shape index (κ3) is 6.29. The standard InChI is InChI=1S/C32H30N6O2/c1-38(2)21-24-10-6-7-11-28(24)37-32(39)36-26-14-12-22(13-15-26)16-17-34-30-25(19-33)20-35-31-27(30)18-29(40-31)23-8-4-3-5-9-23/h3-15,18,20H,16-17,21H2,1-2H3,(H,34,35)(H2,36,37,39). The number of hydrogen-bond donors (Lipinski definition) is 3. The van der Waals surface area contributed by atoms with Crippen molar-refractivity contribution < 1.29 is 9.21 Å². The Balaban J connectivity index is 1.21. The maximum Gasteiger partial charge on any atom is 0.323 e. The van der Waals surface area contributed by atoms with Crippen LogP contribution in [0.15, 0.2) is 95.5 Å². The summed E-state index contributed by atoms with van der Waals surface area (Å²) in [6.45, 7) is 1.34. The fourth-order valence-electron chi connectivity index (χ4n) is 4.50. The lowest BCUT2D eigenvalue weighted by Crippen LogP contribution is -2.21. The SMILES string of the molecule is CN(C)Cc1ccccc1NC(=O)Nc1ccc(CCNc2c(C#N)cnc3oc(-c4ccccc4)cc23)cc1. The fourth-order valence-corrected chi connectivity index (χ4v) is 4.50. The Labute approximate surface area is 233 Å². The zero-order chi connectivity index (χ0) is 27.9. The van der Waals surface area contributed by atoms with Crippen LogP contribution in [0.1, 0.15) is 16.7 Å². The average molecular weight is 531 g/mol. The smallest absolute Gasteiger partial charge is 0.323 e. The van der Waals surface area contributed by atoms with Crippen molar-refractivity contribution in [3.8, 4) is 17.4 Å². The summed E-state index contributed by atoms with van der Waals surface area (Å²) in [6.07, 6.45) is 2.26. The van der Waals surface area contributed by atoms with Gasteiger partial charge in [-0.3, -0.25) is 0 Å². The molecule has 0 fully saturated rings. The maximum absolute atomic E-state index is 12.6. The molecular weight excluding hydrogens is 500 g/mol. The molecule has 0 bridgehead atoms. The molecule has 5 aromatic rings. The normalized spacial score (nSPS) is 10.8. The lowest BCUT2D eigenvalue weighted by Gasteiger charge is -2.15. The Morgan fingerprint density at radius 3 is 2.48 bits per heavy atom. The predicted molar refractivity (Wildman–Crippen MR) is 159 cm³/mol. The molecule has 0 aliphatic heterocycles. The Morgan fingerprint density at radius 1 is 0.975 bits per heavy atom. The number of rotatable bonds is 9. The van der Waals surface area contributed by atoms with E-state index in [1.165, 1.54) is 6.20 Å². The minimum atomic E-state index is -0.290.